The molecule has 2 amide bonds. The first kappa shape index (κ1) is 15.3. The zero-order valence-corrected chi connectivity index (χ0v) is 12.2. The van der Waals surface area contributed by atoms with E-state index in [-0.39, 0.29) is 30.2 Å². The number of hydrogen-bond donors (Lipinski definition) is 2. The second-order valence-corrected chi connectivity index (χ2v) is 5.30. The Morgan fingerprint density at radius 1 is 1.33 bits per heavy atom. The fraction of sp³-hybridized carbons (Fsp3) is 0.467. The minimum Gasteiger partial charge on any atom is -0.508 e. The highest BCUT2D eigenvalue weighted by Crippen LogP contribution is 2.16. The number of carbonyl (C=O) groups excluding carboxylic acids is 2. The summed E-state index contributed by atoms with van der Waals surface area (Å²) in [6.45, 7) is 4.72. The number of nitrogens with one attached hydrogen (secondary N) is 1. The van der Waals surface area contributed by atoms with Crippen molar-refractivity contribution in [2.24, 2.45) is 0 Å². The zero-order chi connectivity index (χ0) is 15.4. The van der Waals surface area contributed by atoms with Gasteiger partial charge in [0.25, 0.3) is 5.91 Å². The average Bonchev–Trinajstić information content (AvgIpc) is 2.46. The Bertz CT molecular complexity index is 513. The van der Waals surface area contributed by atoms with Crippen LogP contribution in [0.1, 0.15) is 24.2 Å². The van der Waals surface area contributed by atoms with Crippen LogP contribution in [-0.4, -0.2) is 53.7 Å². The number of benzene rings is 1. The average molecular weight is 292 g/mol. The van der Waals surface area contributed by atoms with Gasteiger partial charge < -0.3 is 20.1 Å². The van der Waals surface area contributed by atoms with E-state index in [1.807, 2.05) is 13.8 Å². The van der Waals surface area contributed by atoms with Crippen LogP contribution in [0.2, 0.25) is 0 Å². The Morgan fingerprint density at radius 3 is 2.62 bits per heavy atom. The third kappa shape index (κ3) is 3.72. The van der Waals surface area contributed by atoms with Crippen LogP contribution in [0.3, 0.4) is 0 Å². The molecular weight excluding hydrogens is 272 g/mol. The molecule has 1 aliphatic rings. The minimum absolute atomic E-state index is 0.00468. The van der Waals surface area contributed by atoms with Gasteiger partial charge in [0.2, 0.25) is 5.91 Å². The van der Waals surface area contributed by atoms with E-state index < -0.39 is 6.04 Å². The Labute approximate surface area is 123 Å². The van der Waals surface area contributed by atoms with Gasteiger partial charge in [-0.25, -0.2) is 0 Å². The zero-order valence-electron chi connectivity index (χ0n) is 12.2. The molecule has 1 saturated heterocycles. The first-order chi connectivity index (χ1) is 9.99. The summed E-state index contributed by atoms with van der Waals surface area (Å²) >= 11 is 0. The maximum absolute atomic E-state index is 12.5. The second-order valence-electron chi connectivity index (χ2n) is 5.30. The van der Waals surface area contributed by atoms with E-state index >= 15 is 0 Å². The number of phenolic OH excluding ortho intramolecular Hbond substituents is 1. The third-order valence-corrected chi connectivity index (χ3v) is 3.24. The van der Waals surface area contributed by atoms with E-state index in [1.165, 1.54) is 17.0 Å². The maximum Gasteiger partial charge on any atom is 0.254 e. The molecule has 0 aliphatic carbocycles. The summed E-state index contributed by atoms with van der Waals surface area (Å²) in [5, 5.41) is 12.1. The summed E-state index contributed by atoms with van der Waals surface area (Å²) in [4.78, 5) is 26.2. The molecule has 0 bridgehead atoms. The minimum atomic E-state index is -0.623. The van der Waals surface area contributed by atoms with Gasteiger partial charge in [-0.2, -0.15) is 0 Å². The van der Waals surface area contributed by atoms with Crippen molar-refractivity contribution in [3.05, 3.63) is 29.8 Å². The molecule has 1 fully saturated rings. The number of morpholine rings is 1. The third-order valence-electron chi connectivity index (χ3n) is 3.24. The van der Waals surface area contributed by atoms with Gasteiger partial charge in [-0.1, -0.05) is 0 Å². The summed E-state index contributed by atoms with van der Waals surface area (Å²) in [6.07, 6.45) is 0. The molecule has 1 aliphatic heterocycles. The van der Waals surface area contributed by atoms with Crippen molar-refractivity contribution in [2.75, 3.05) is 19.8 Å². The molecule has 0 spiro atoms. The van der Waals surface area contributed by atoms with Crippen molar-refractivity contribution in [1.82, 2.24) is 10.2 Å². The predicted octanol–water partition coefficient (Wildman–Crippen LogP) is 0.758. The van der Waals surface area contributed by atoms with Crippen molar-refractivity contribution in [2.45, 2.75) is 25.9 Å². The second kappa shape index (κ2) is 6.58. The van der Waals surface area contributed by atoms with Crippen LogP contribution in [0, 0.1) is 0 Å². The number of aromatic hydroxyl groups is 1. The van der Waals surface area contributed by atoms with Crippen molar-refractivity contribution in [3.8, 4) is 5.75 Å². The van der Waals surface area contributed by atoms with E-state index in [0.717, 1.165) is 0 Å². The van der Waals surface area contributed by atoms with Crippen molar-refractivity contribution in [3.63, 3.8) is 0 Å². The highest BCUT2D eigenvalue weighted by atomic mass is 16.5. The predicted molar refractivity (Wildman–Crippen MR) is 77.0 cm³/mol. The van der Waals surface area contributed by atoms with Crippen molar-refractivity contribution >= 4 is 11.8 Å². The van der Waals surface area contributed by atoms with Crippen LogP contribution in [0.25, 0.3) is 0 Å². The monoisotopic (exact) mass is 292 g/mol. The maximum atomic E-state index is 12.5. The van der Waals surface area contributed by atoms with Gasteiger partial charge >= 0.3 is 0 Å². The number of phenols is 1. The summed E-state index contributed by atoms with van der Waals surface area (Å²) in [6, 6.07) is 5.38. The van der Waals surface area contributed by atoms with Crippen LogP contribution < -0.4 is 5.32 Å². The molecule has 0 radical (unpaired) electrons. The van der Waals surface area contributed by atoms with Gasteiger partial charge in [-0.3, -0.25) is 9.59 Å². The summed E-state index contributed by atoms with van der Waals surface area (Å²) in [5.41, 5.74) is 0.442. The Kier molecular flexibility index (Phi) is 4.80. The molecule has 6 heteroatoms. The van der Waals surface area contributed by atoms with Gasteiger partial charge in [0.1, 0.15) is 11.8 Å². The molecular formula is C15H20N2O4. The summed E-state index contributed by atoms with van der Waals surface area (Å²) in [7, 11) is 0. The summed E-state index contributed by atoms with van der Waals surface area (Å²) in [5.74, 6) is -0.346. The number of nitrogens with zero attached hydrogens (tertiary/aromatic N) is 1. The number of hydrogen-bond acceptors (Lipinski definition) is 4. The topological polar surface area (TPSA) is 78.9 Å². The molecule has 6 nitrogen and oxygen atoms in total. The molecule has 1 heterocycles. The lowest BCUT2D eigenvalue weighted by Gasteiger charge is -2.35. The standard InChI is InChI=1S/C15H20N2O4/c1-10(2)16-14(19)13-9-21-8-7-17(13)15(20)11-3-5-12(18)6-4-11/h3-6,10,13,18H,7-9H2,1-2H3,(H,16,19). The van der Waals surface area contributed by atoms with Crippen LogP contribution in [0.15, 0.2) is 24.3 Å². The van der Waals surface area contributed by atoms with Crippen LogP contribution in [0.5, 0.6) is 5.75 Å². The van der Waals surface area contributed by atoms with Gasteiger partial charge in [0.15, 0.2) is 0 Å². The number of amides is 2. The molecule has 0 saturated carbocycles. The molecule has 1 atom stereocenters. The number of ether oxygens (including phenoxy) is 1. The molecule has 1 aromatic carbocycles. The molecule has 0 aromatic heterocycles. The van der Waals surface area contributed by atoms with Crippen molar-refractivity contribution < 1.29 is 19.4 Å². The van der Waals surface area contributed by atoms with Crippen molar-refractivity contribution in [1.29, 1.82) is 0 Å². The Balaban J connectivity index is 2.16. The number of rotatable bonds is 3. The lowest BCUT2D eigenvalue weighted by Crippen LogP contribution is -2.56. The lowest BCUT2D eigenvalue weighted by atomic mass is 10.1. The van der Waals surface area contributed by atoms with E-state index in [2.05, 4.69) is 5.32 Å². The van der Waals surface area contributed by atoms with E-state index in [1.54, 1.807) is 12.1 Å². The van der Waals surface area contributed by atoms with Gasteiger partial charge in [-0.15, -0.1) is 0 Å². The Morgan fingerprint density at radius 2 is 2.00 bits per heavy atom. The lowest BCUT2D eigenvalue weighted by molar-refractivity contribution is -0.131. The van der Waals surface area contributed by atoms with Crippen LogP contribution in [-0.2, 0) is 9.53 Å². The normalized spacial score (nSPS) is 18.6. The smallest absolute Gasteiger partial charge is 0.254 e. The quantitative estimate of drug-likeness (QED) is 0.862. The van der Waals surface area contributed by atoms with Gasteiger partial charge in [-0.05, 0) is 38.1 Å². The molecule has 1 aromatic rings. The van der Waals surface area contributed by atoms with Gasteiger partial charge in [0.05, 0.1) is 13.2 Å². The van der Waals surface area contributed by atoms with E-state index in [9.17, 15) is 14.7 Å². The fourth-order valence-corrected chi connectivity index (χ4v) is 2.21. The number of carbonyl (C=O) groups is 2. The largest absolute Gasteiger partial charge is 0.508 e. The molecule has 21 heavy (non-hydrogen) atoms. The van der Waals surface area contributed by atoms with Gasteiger partial charge in [0, 0.05) is 18.2 Å². The molecule has 1 unspecified atom stereocenters. The first-order valence-electron chi connectivity index (χ1n) is 6.97. The van der Waals surface area contributed by atoms with Crippen LogP contribution in [0.4, 0.5) is 0 Å². The van der Waals surface area contributed by atoms with E-state index in [0.29, 0.717) is 18.7 Å². The Hall–Kier alpha value is -2.08. The first-order valence-corrected chi connectivity index (χ1v) is 6.97. The highest BCUT2D eigenvalue weighted by molar-refractivity contribution is 5.97. The molecule has 2 rings (SSSR count). The highest BCUT2D eigenvalue weighted by Gasteiger charge is 2.33. The fourth-order valence-electron chi connectivity index (χ4n) is 2.21. The SMILES string of the molecule is CC(C)NC(=O)C1COCCN1C(=O)c1ccc(O)cc1. The molecule has 2 N–H and O–H groups in total. The summed E-state index contributed by atoms with van der Waals surface area (Å²) < 4.78 is 5.33. The van der Waals surface area contributed by atoms with E-state index in [4.69, 9.17) is 4.74 Å². The van der Waals surface area contributed by atoms with Crippen LogP contribution >= 0.6 is 0 Å². The molecule has 114 valence electrons.